The molecule has 0 aromatic rings. The van der Waals surface area contributed by atoms with E-state index < -0.39 is 0 Å². The lowest BCUT2D eigenvalue weighted by molar-refractivity contribution is 0.227. The van der Waals surface area contributed by atoms with Gasteiger partial charge >= 0.3 is 0 Å². The summed E-state index contributed by atoms with van der Waals surface area (Å²) in [4.78, 5) is 2.54. The molecule has 0 aromatic carbocycles. The van der Waals surface area contributed by atoms with E-state index in [4.69, 9.17) is 5.73 Å². The number of hydrogen-bond donors (Lipinski definition) is 1. The SMILES string of the molecule is CCC(C)CN(CC)CCC(N)CC(C)(C)C. The van der Waals surface area contributed by atoms with Crippen LogP contribution in [0.2, 0.25) is 0 Å². The molecule has 2 heteroatoms. The van der Waals surface area contributed by atoms with Crippen molar-refractivity contribution in [1.82, 2.24) is 4.90 Å². The van der Waals surface area contributed by atoms with Gasteiger partial charge in [0, 0.05) is 12.6 Å². The molecule has 2 nitrogen and oxygen atoms in total. The number of rotatable bonds is 8. The van der Waals surface area contributed by atoms with E-state index in [9.17, 15) is 0 Å². The minimum atomic E-state index is 0.348. The summed E-state index contributed by atoms with van der Waals surface area (Å²) in [6.45, 7) is 17.2. The average molecular weight is 242 g/mol. The number of nitrogens with zero attached hydrogens (tertiary/aromatic N) is 1. The molecule has 0 saturated heterocycles. The number of nitrogens with two attached hydrogens (primary N) is 1. The van der Waals surface area contributed by atoms with Crippen molar-refractivity contribution in [3.63, 3.8) is 0 Å². The van der Waals surface area contributed by atoms with Crippen molar-refractivity contribution in [3.8, 4) is 0 Å². The average Bonchev–Trinajstić information content (AvgIpc) is 2.21. The van der Waals surface area contributed by atoms with E-state index in [1.54, 1.807) is 0 Å². The maximum atomic E-state index is 6.20. The summed E-state index contributed by atoms with van der Waals surface area (Å²) in [6.07, 6.45) is 3.51. The van der Waals surface area contributed by atoms with Crippen molar-refractivity contribution >= 4 is 0 Å². The predicted octanol–water partition coefficient (Wildman–Crippen LogP) is 3.51. The van der Waals surface area contributed by atoms with Gasteiger partial charge in [-0.3, -0.25) is 0 Å². The molecule has 2 unspecified atom stereocenters. The summed E-state index contributed by atoms with van der Waals surface area (Å²) in [5.41, 5.74) is 6.55. The van der Waals surface area contributed by atoms with Gasteiger partial charge in [0.1, 0.15) is 0 Å². The van der Waals surface area contributed by atoms with Crippen LogP contribution in [0.3, 0.4) is 0 Å². The zero-order chi connectivity index (χ0) is 13.5. The van der Waals surface area contributed by atoms with E-state index in [0.29, 0.717) is 11.5 Å². The van der Waals surface area contributed by atoms with Crippen LogP contribution in [0.15, 0.2) is 0 Å². The van der Waals surface area contributed by atoms with Gasteiger partial charge < -0.3 is 10.6 Å². The lowest BCUT2D eigenvalue weighted by Gasteiger charge is -2.27. The molecule has 0 aliphatic heterocycles. The van der Waals surface area contributed by atoms with E-state index in [0.717, 1.165) is 31.8 Å². The maximum absolute atomic E-state index is 6.20. The van der Waals surface area contributed by atoms with Crippen molar-refractivity contribution in [3.05, 3.63) is 0 Å². The molecule has 104 valence electrons. The smallest absolute Gasteiger partial charge is 0.00559 e. The Kier molecular flexibility index (Phi) is 8.06. The van der Waals surface area contributed by atoms with Crippen LogP contribution in [0.5, 0.6) is 0 Å². The van der Waals surface area contributed by atoms with Crippen LogP contribution in [0.4, 0.5) is 0 Å². The van der Waals surface area contributed by atoms with Gasteiger partial charge in [-0.05, 0) is 37.3 Å². The van der Waals surface area contributed by atoms with Crippen LogP contribution < -0.4 is 5.73 Å². The Balaban J connectivity index is 3.89. The Bertz CT molecular complexity index is 184. The minimum Gasteiger partial charge on any atom is -0.328 e. The third-order valence-corrected chi connectivity index (χ3v) is 3.40. The van der Waals surface area contributed by atoms with Gasteiger partial charge in [-0.25, -0.2) is 0 Å². The Hall–Kier alpha value is -0.0800. The molecule has 2 atom stereocenters. The molecule has 2 N–H and O–H groups in total. The third-order valence-electron chi connectivity index (χ3n) is 3.40. The van der Waals surface area contributed by atoms with Crippen LogP contribution in [0, 0.1) is 11.3 Å². The first-order valence-electron chi connectivity index (χ1n) is 7.26. The van der Waals surface area contributed by atoms with E-state index in [2.05, 4.69) is 46.4 Å². The standard InChI is InChI=1S/C15H34N2/c1-7-13(3)12-17(8-2)10-9-14(16)11-15(4,5)6/h13-14H,7-12,16H2,1-6H3. The lowest BCUT2D eigenvalue weighted by Crippen LogP contribution is -2.35. The fraction of sp³-hybridized carbons (Fsp3) is 1.00. The highest BCUT2D eigenvalue weighted by Crippen LogP contribution is 2.21. The quantitative estimate of drug-likeness (QED) is 0.706. The first kappa shape index (κ1) is 16.9. The molecule has 0 aromatic heterocycles. The highest BCUT2D eigenvalue weighted by atomic mass is 15.1. The summed E-state index contributed by atoms with van der Waals surface area (Å²) in [5.74, 6) is 0.800. The van der Waals surface area contributed by atoms with Gasteiger partial charge in [0.25, 0.3) is 0 Å². The molecule has 0 fully saturated rings. The first-order valence-corrected chi connectivity index (χ1v) is 7.26. The number of hydrogen-bond acceptors (Lipinski definition) is 2. The molecular weight excluding hydrogens is 208 g/mol. The summed E-state index contributed by atoms with van der Waals surface area (Å²) >= 11 is 0. The highest BCUT2D eigenvalue weighted by molar-refractivity contribution is 4.73. The third kappa shape index (κ3) is 9.61. The molecule has 0 aliphatic rings. The van der Waals surface area contributed by atoms with Gasteiger partial charge in [-0.1, -0.05) is 48.0 Å². The molecule has 0 spiro atoms. The minimum absolute atomic E-state index is 0.348. The lowest BCUT2D eigenvalue weighted by atomic mass is 9.87. The largest absolute Gasteiger partial charge is 0.328 e. The predicted molar refractivity (Wildman–Crippen MR) is 78.2 cm³/mol. The van der Waals surface area contributed by atoms with E-state index >= 15 is 0 Å². The van der Waals surface area contributed by atoms with Crippen molar-refractivity contribution in [1.29, 1.82) is 0 Å². The van der Waals surface area contributed by atoms with Crippen LogP contribution in [-0.4, -0.2) is 30.6 Å². The second-order valence-electron chi connectivity index (χ2n) is 6.72. The van der Waals surface area contributed by atoms with Crippen molar-refractivity contribution in [2.45, 2.75) is 66.8 Å². The van der Waals surface area contributed by atoms with Crippen molar-refractivity contribution in [2.75, 3.05) is 19.6 Å². The highest BCUT2D eigenvalue weighted by Gasteiger charge is 2.16. The fourth-order valence-corrected chi connectivity index (χ4v) is 2.19. The second kappa shape index (κ2) is 8.10. The zero-order valence-corrected chi connectivity index (χ0v) is 12.9. The summed E-state index contributed by atoms with van der Waals surface area (Å²) < 4.78 is 0. The summed E-state index contributed by atoms with van der Waals surface area (Å²) in [6, 6.07) is 0.348. The van der Waals surface area contributed by atoms with Crippen LogP contribution in [0.25, 0.3) is 0 Å². The molecule has 0 bridgehead atoms. The van der Waals surface area contributed by atoms with E-state index in [-0.39, 0.29) is 0 Å². The molecule has 17 heavy (non-hydrogen) atoms. The van der Waals surface area contributed by atoms with E-state index in [1.165, 1.54) is 13.0 Å². The van der Waals surface area contributed by atoms with Crippen LogP contribution in [0.1, 0.15) is 60.8 Å². The fourth-order valence-electron chi connectivity index (χ4n) is 2.19. The van der Waals surface area contributed by atoms with Crippen LogP contribution in [-0.2, 0) is 0 Å². The van der Waals surface area contributed by atoms with Gasteiger partial charge in [0.2, 0.25) is 0 Å². The normalized spacial score (nSPS) is 16.2. The first-order chi connectivity index (χ1) is 7.78. The van der Waals surface area contributed by atoms with Crippen molar-refractivity contribution in [2.24, 2.45) is 17.1 Å². The zero-order valence-electron chi connectivity index (χ0n) is 12.9. The monoisotopic (exact) mass is 242 g/mol. The van der Waals surface area contributed by atoms with Crippen LogP contribution >= 0.6 is 0 Å². The summed E-state index contributed by atoms with van der Waals surface area (Å²) in [5, 5.41) is 0. The molecule has 0 rings (SSSR count). The van der Waals surface area contributed by atoms with Gasteiger partial charge in [-0.2, -0.15) is 0 Å². The molecule has 0 amide bonds. The molecule has 0 radical (unpaired) electrons. The van der Waals surface area contributed by atoms with Gasteiger partial charge in [0.15, 0.2) is 0 Å². The maximum Gasteiger partial charge on any atom is 0.00559 e. The Morgan fingerprint density at radius 1 is 1.18 bits per heavy atom. The topological polar surface area (TPSA) is 29.3 Å². The van der Waals surface area contributed by atoms with E-state index in [1.807, 2.05) is 0 Å². The molecule has 0 saturated carbocycles. The molecule has 0 heterocycles. The molecule has 0 aliphatic carbocycles. The van der Waals surface area contributed by atoms with Crippen molar-refractivity contribution < 1.29 is 0 Å². The molecular formula is C15H34N2. The summed E-state index contributed by atoms with van der Waals surface area (Å²) in [7, 11) is 0. The Morgan fingerprint density at radius 2 is 1.76 bits per heavy atom. The Labute approximate surface area is 109 Å². The van der Waals surface area contributed by atoms with Gasteiger partial charge in [0.05, 0.1) is 0 Å². The Morgan fingerprint density at radius 3 is 2.18 bits per heavy atom. The van der Waals surface area contributed by atoms with Gasteiger partial charge in [-0.15, -0.1) is 0 Å². The second-order valence-corrected chi connectivity index (χ2v) is 6.72.